The van der Waals surface area contributed by atoms with Gasteiger partial charge >= 0.3 is 0 Å². The van der Waals surface area contributed by atoms with E-state index in [1.165, 1.54) is 32.1 Å². The molecule has 0 spiro atoms. The lowest BCUT2D eigenvalue weighted by molar-refractivity contribution is 0.289. The maximum absolute atomic E-state index is 9.45. The summed E-state index contributed by atoms with van der Waals surface area (Å²) in [5, 5.41) is 9.45. The normalized spacial score (nSPS) is 16.1. The van der Waals surface area contributed by atoms with Crippen LogP contribution in [0.3, 0.4) is 0 Å². The number of aliphatic hydroxyl groups excluding tert-OH is 1. The van der Waals surface area contributed by atoms with Crippen molar-refractivity contribution in [2.24, 2.45) is 0 Å². The molecule has 1 aromatic rings. The first kappa shape index (κ1) is 16.0. The molecule has 21 heavy (non-hydrogen) atoms. The molecule has 0 radical (unpaired) electrons. The van der Waals surface area contributed by atoms with Crippen molar-refractivity contribution in [3.05, 3.63) is 11.4 Å². The lowest BCUT2D eigenvalue weighted by Gasteiger charge is -2.36. The number of rotatable bonds is 6. The number of anilines is 2. The summed E-state index contributed by atoms with van der Waals surface area (Å²) in [6, 6.07) is 0.466. The summed E-state index contributed by atoms with van der Waals surface area (Å²) in [5.74, 6) is 2.31. The van der Waals surface area contributed by atoms with Crippen molar-refractivity contribution in [1.29, 1.82) is 0 Å². The van der Waals surface area contributed by atoms with Gasteiger partial charge in [0.2, 0.25) is 0 Å². The third-order valence-electron chi connectivity index (χ3n) is 4.31. The Hall–Kier alpha value is -1.36. The van der Waals surface area contributed by atoms with Crippen molar-refractivity contribution in [2.45, 2.75) is 64.8 Å². The Labute approximate surface area is 127 Å². The minimum absolute atomic E-state index is 0.142. The number of aliphatic hydroxyl groups is 1. The average molecular weight is 292 g/mol. The van der Waals surface area contributed by atoms with Gasteiger partial charge in [-0.2, -0.15) is 0 Å². The summed E-state index contributed by atoms with van der Waals surface area (Å²) in [4.78, 5) is 11.4. The van der Waals surface area contributed by atoms with Crippen molar-refractivity contribution in [3.8, 4) is 0 Å². The molecule has 1 aliphatic carbocycles. The summed E-state index contributed by atoms with van der Waals surface area (Å²) >= 11 is 0. The molecule has 3 N–H and O–H groups in total. The SMILES string of the molecule is CCCc1nc(N)c(C)c(N(CCO)C2CCCCC2)n1. The highest BCUT2D eigenvalue weighted by Gasteiger charge is 2.24. The molecule has 0 aromatic carbocycles. The van der Waals surface area contributed by atoms with E-state index in [0.717, 1.165) is 30.0 Å². The van der Waals surface area contributed by atoms with E-state index in [2.05, 4.69) is 16.8 Å². The Bertz CT molecular complexity index is 458. The number of hydrogen-bond donors (Lipinski definition) is 2. The van der Waals surface area contributed by atoms with Gasteiger partial charge in [0, 0.05) is 24.6 Å². The molecule has 1 aromatic heterocycles. The van der Waals surface area contributed by atoms with Crippen molar-refractivity contribution < 1.29 is 5.11 Å². The first-order chi connectivity index (χ1) is 10.2. The van der Waals surface area contributed by atoms with Crippen LogP contribution < -0.4 is 10.6 Å². The molecule has 1 fully saturated rings. The van der Waals surface area contributed by atoms with E-state index >= 15 is 0 Å². The molecule has 1 aliphatic rings. The van der Waals surface area contributed by atoms with Gasteiger partial charge in [0.1, 0.15) is 17.5 Å². The van der Waals surface area contributed by atoms with Crippen LogP contribution in [0.25, 0.3) is 0 Å². The Morgan fingerprint density at radius 3 is 2.57 bits per heavy atom. The fraction of sp³-hybridized carbons (Fsp3) is 0.750. The van der Waals surface area contributed by atoms with Crippen LogP contribution in [-0.2, 0) is 6.42 Å². The van der Waals surface area contributed by atoms with E-state index in [4.69, 9.17) is 10.7 Å². The van der Waals surface area contributed by atoms with Gasteiger partial charge in [-0.05, 0) is 26.2 Å². The molecule has 1 saturated carbocycles. The molecular formula is C16H28N4O. The number of nitrogen functional groups attached to an aromatic ring is 1. The standard InChI is InChI=1S/C16H28N4O/c1-3-7-14-18-15(17)12(2)16(19-14)20(10-11-21)13-8-5-4-6-9-13/h13,21H,3-11H2,1-2H3,(H2,17,18,19). The maximum Gasteiger partial charge on any atom is 0.137 e. The van der Waals surface area contributed by atoms with E-state index in [1.54, 1.807) is 0 Å². The van der Waals surface area contributed by atoms with Crippen LogP contribution in [0, 0.1) is 6.92 Å². The predicted octanol–water partition coefficient (Wildman–Crippen LogP) is 2.45. The second-order valence-electron chi connectivity index (χ2n) is 5.93. The van der Waals surface area contributed by atoms with E-state index in [-0.39, 0.29) is 6.61 Å². The molecule has 118 valence electrons. The van der Waals surface area contributed by atoms with Crippen LogP contribution in [0.15, 0.2) is 0 Å². The summed E-state index contributed by atoms with van der Waals surface area (Å²) in [5.41, 5.74) is 7.01. The topological polar surface area (TPSA) is 75.3 Å². The van der Waals surface area contributed by atoms with Crippen molar-refractivity contribution in [3.63, 3.8) is 0 Å². The van der Waals surface area contributed by atoms with E-state index in [0.29, 0.717) is 18.4 Å². The molecule has 0 unspecified atom stereocenters. The largest absolute Gasteiger partial charge is 0.395 e. The molecule has 0 aliphatic heterocycles. The van der Waals surface area contributed by atoms with E-state index in [9.17, 15) is 5.11 Å². The van der Waals surface area contributed by atoms with Crippen LogP contribution >= 0.6 is 0 Å². The zero-order chi connectivity index (χ0) is 15.2. The number of nitrogens with two attached hydrogens (primary N) is 1. The zero-order valence-corrected chi connectivity index (χ0v) is 13.3. The predicted molar refractivity (Wildman–Crippen MR) is 86.5 cm³/mol. The summed E-state index contributed by atoms with van der Waals surface area (Å²) in [6.45, 7) is 4.86. The number of hydrogen-bond acceptors (Lipinski definition) is 5. The molecule has 0 atom stereocenters. The van der Waals surface area contributed by atoms with E-state index in [1.807, 2.05) is 6.92 Å². The first-order valence-corrected chi connectivity index (χ1v) is 8.17. The monoisotopic (exact) mass is 292 g/mol. The molecular weight excluding hydrogens is 264 g/mol. The second kappa shape index (κ2) is 7.59. The van der Waals surface area contributed by atoms with Crippen LogP contribution in [0.4, 0.5) is 11.6 Å². The third-order valence-corrected chi connectivity index (χ3v) is 4.31. The summed E-state index contributed by atoms with van der Waals surface area (Å²) < 4.78 is 0. The Balaban J connectivity index is 2.33. The number of aromatic nitrogens is 2. The molecule has 5 nitrogen and oxygen atoms in total. The summed E-state index contributed by atoms with van der Waals surface area (Å²) in [7, 11) is 0. The minimum atomic E-state index is 0.142. The van der Waals surface area contributed by atoms with Gasteiger partial charge in [-0.1, -0.05) is 26.2 Å². The third kappa shape index (κ3) is 3.84. The molecule has 0 amide bonds. The van der Waals surface area contributed by atoms with Crippen LogP contribution in [0.1, 0.15) is 56.8 Å². The minimum Gasteiger partial charge on any atom is -0.395 e. The Kier molecular flexibility index (Phi) is 5.79. The zero-order valence-electron chi connectivity index (χ0n) is 13.3. The highest BCUT2D eigenvalue weighted by atomic mass is 16.3. The van der Waals surface area contributed by atoms with Crippen molar-refractivity contribution in [2.75, 3.05) is 23.8 Å². The number of aryl methyl sites for hydroxylation is 1. The van der Waals surface area contributed by atoms with Crippen LogP contribution in [0.2, 0.25) is 0 Å². The lowest BCUT2D eigenvalue weighted by atomic mass is 9.94. The van der Waals surface area contributed by atoms with Gasteiger partial charge < -0.3 is 15.7 Å². The average Bonchev–Trinajstić information content (AvgIpc) is 2.50. The van der Waals surface area contributed by atoms with Gasteiger partial charge in [-0.3, -0.25) is 0 Å². The lowest BCUT2D eigenvalue weighted by Crippen LogP contribution is -2.40. The first-order valence-electron chi connectivity index (χ1n) is 8.17. The fourth-order valence-electron chi connectivity index (χ4n) is 3.15. The van der Waals surface area contributed by atoms with Crippen LogP contribution in [-0.4, -0.2) is 34.3 Å². The van der Waals surface area contributed by atoms with Crippen molar-refractivity contribution in [1.82, 2.24) is 9.97 Å². The van der Waals surface area contributed by atoms with Crippen molar-refractivity contribution >= 4 is 11.6 Å². The summed E-state index contributed by atoms with van der Waals surface area (Å²) in [6.07, 6.45) is 8.02. The van der Waals surface area contributed by atoms with Gasteiger partial charge in [0.15, 0.2) is 0 Å². The molecule has 0 bridgehead atoms. The van der Waals surface area contributed by atoms with E-state index < -0.39 is 0 Å². The Morgan fingerprint density at radius 2 is 1.95 bits per heavy atom. The van der Waals surface area contributed by atoms with Gasteiger partial charge in [-0.25, -0.2) is 9.97 Å². The molecule has 2 rings (SSSR count). The highest BCUT2D eigenvalue weighted by Crippen LogP contribution is 2.29. The Morgan fingerprint density at radius 1 is 1.24 bits per heavy atom. The highest BCUT2D eigenvalue weighted by molar-refractivity contribution is 5.57. The molecule has 5 heteroatoms. The van der Waals surface area contributed by atoms with Crippen LogP contribution in [0.5, 0.6) is 0 Å². The molecule has 0 saturated heterocycles. The van der Waals surface area contributed by atoms with Gasteiger partial charge in [0.05, 0.1) is 6.61 Å². The second-order valence-corrected chi connectivity index (χ2v) is 5.93. The van der Waals surface area contributed by atoms with Gasteiger partial charge in [-0.15, -0.1) is 0 Å². The number of nitrogens with zero attached hydrogens (tertiary/aromatic N) is 3. The maximum atomic E-state index is 9.45. The smallest absolute Gasteiger partial charge is 0.137 e. The molecule has 1 heterocycles. The quantitative estimate of drug-likeness (QED) is 0.842. The fourth-order valence-corrected chi connectivity index (χ4v) is 3.15. The van der Waals surface area contributed by atoms with Gasteiger partial charge in [0.25, 0.3) is 0 Å².